The first-order chi connectivity index (χ1) is 14.6. The highest BCUT2D eigenvalue weighted by Crippen LogP contribution is 2.39. The highest BCUT2D eigenvalue weighted by Gasteiger charge is 2.44. The van der Waals surface area contributed by atoms with Crippen LogP contribution in [0.5, 0.6) is 11.5 Å². The van der Waals surface area contributed by atoms with Crippen molar-refractivity contribution in [2.45, 2.75) is 51.3 Å². The van der Waals surface area contributed by atoms with Crippen molar-refractivity contribution in [2.24, 2.45) is 0 Å². The zero-order valence-corrected chi connectivity index (χ0v) is 18.4. The van der Waals surface area contributed by atoms with Crippen molar-refractivity contribution in [3.63, 3.8) is 0 Å². The normalized spacial score (nSPS) is 20.8. The van der Waals surface area contributed by atoms with Gasteiger partial charge in [-0.25, -0.2) is 14.2 Å². The Morgan fingerprint density at radius 3 is 2.35 bits per heavy atom. The second-order valence-electron chi connectivity index (χ2n) is 8.91. The fraction of sp³-hybridized carbons (Fsp3) is 0.571. The summed E-state index contributed by atoms with van der Waals surface area (Å²) in [6, 6.07) is 1.59. The van der Waals surface area contributed by atoms with Gasteiger partial charge in [0.2, 0.25) is 5.95 Å². The molecule has 2 atom stereocenters. The average molecular weight is 433 g/mol. The second-order valence-corrected chi connectivity index (χ2v) is 8.91. The third-order valence-corrected chi connectivity index (χ3v) is 5.66. The lowest BCUT2D eigenvalue weighted by Gasteiger charge is -2.41. The Hall–Kier alpha value is -3.04. The molecular weight excluding hydrogens is 405 g/mol. The lowest BCUT2D eigenvalue weighted by Crippen LogP contribution is -2.56. The Bertz CT molecular complexity index is 1010. The molecule has 9 nitrogen and oxygen atoms in total. The topological polar surface area (TPSA) is 103 Å². The minimum Gasteiger partial charge on any atom is -0.493 e. The monoisotopic (exact) mass is 433 g/mol. The molecule has 10 heteroatoms. The van der Waals surface area contributed by atoms with Gasteiger partial charge >= 0.3 is 6.09 Å². The van der Waals surface area contributed by atoms with Gasteiger partial charge in [-0.05, 0) is 39.7 Å². The number of methoxy groups -OCH3 is 2. The predicted octanol–water partition coefficient (Wildman–Crippen LogP) is 2.96. The van der Waals surface area contributed by atoms with Crippen LogP contribution < -0.4 is 20.1 Å². The smallest absolute Gasteiger partial charge is 0.410 e. The Labute approximate surface area is 180 Å². The molecule has 2 aromatic rings. The van der Waals surface area contributed by atoms with Crippen LogP contribution in [0.15, 0.2) is 6.07 Å². The summed E-state index contributed by atoms with van der Waals surface area (Å²) in [5, 5.41) is 0.360. The number of benzene rings is 1. The van der Waals surface area contributed by atoms with E-state index < -0.39 is 11.4 Å². The molecule has 1 amide bonds. The van der Waals surface area contributed by atoms with Gasteiger partial charge in [0.05, 0.1) is 26.3 Å². The average Bonchev–Trinajstić information content (AvgIpc) is 2.96. The molecular formula is C21H28FN5O4. The number of nitrogens with two attached hydrogens (primary N) is 1. The molecule has 1 aromatic heterocycles. The minimum atomic E-state index is -0.646. The first-order valence-corrected chi connectivity index (χ1v) is 10.3. The van der Waals surface area contributed by atoms with Crippen LogP contribution in [0.2, 0.25) is 0 Å². The summed E-state index contributed by atoms with van der Waals surface area (Å²) in [6.45, 7) is 6.51. The van der Waals surface area contributed by atoms with Crippen LogP contribution in [0.3, 0.4) is 0 Å². The molecule has 2 saturated heterocycles. The molecule has 0 spiro atoms. The molecule has 1 aromatic carbocycles. The van der Waals surface area contributed by atoms with E-state index in [0.29, 0.717) is 24.4 Å². The molecule has 2 N–H and O–H groups in total. The number of ether oxygens (including phenoxy) is 3. The van der Waals surface area contributed by atoms with Crippen molar-refractivity contribution in [3.8, 4) is 11.5 Å². The Kier molecular flexibility index (Phi) is 5.18. The quantitative estimate of drug-likeness (QED) is 0.788. The third kappa shape index (κ3) is 3.75. The summed E-state index contributed by atoms with van der Waals surface area (Å²) < 4.78 is 31.0. The summed E-state index contributed by atoms with van der Waals surface area (Å²) in [7, 11) is 2.80. The number of amides is 1. The van der Waals surface area contributed by atoms with Gasteiger partial charge in [-0.2, -0.15) is 4.98 Å². The van der Waals surface area contributed by atoms with Crippen molar-refractivity contribution < 1.29 is 23.4 Å². The minimum absolute atomic E-state index is 0.00586. The zero-order valence-electron chi connectivity index (χ0n) is 18.4. The number of likely N-dealkylation sites (tertiary alicyclic amines) is 1. The molecule has 2 fully saturated rings. The van der Waals surface area contributed by atoms with Gasteiger partial charge in [0, 0.05) is 18.5 Å². The van der Waals surface area contributed by atoms with Gasteiger partial charge in [-0.3, -0.25) is 0 Å². The maximum atomic E-state index is 15.1. The van der Waals surface area contributed by atoms with E-state index in [1.165, 1.54) is 14.2 Å². The number of hydrogen-bond donors (Lipinski definition) is 1. The maximum Gasteiger partial charge on any atom is 0.410 e. The van der Waals surface area contributed by atoms with E-state index in [2.05, 4.69) is 9.97 Å². The van der Waals surface area contributed by atoms with E-state index in [0.717, 1.165) is 12.8 Å². The number of hydrogen-bond acceptors (Lipinski definition) is 8. The number of carbonyl (C=O) groups excluding carboxylic acids is 1. The summed E-state index contributed by atoms with van der Waals surface area (Å²) in [4.78, 5) is 25.3. The first kappa shape index (κ1) is 21.2. The van der Waals surface area contributed by atoms with E-state index in [1.807, 2.05) is 25.7 Å². The fourth-order valence-corrected chi connectivity index (χ4v) is 4.36. The maximum absolute atomic E-state index is 15.1. The molecule has 2 aliphatic rings. The van der Waals surface area contributed by atoms with Crippen molar-refractivity contribution in [1.82, 2.24) is 14.9 Å². The number of aromatic nitrogens is 2. The zero-order chi connectivity index (χ0) is 22.5. The Morgan fingerprint density at radius 1 is 1.16 bits per heavy atom. The second kappa shape index (κ2) is 7.58. The number of piperazine rings is 1. The van der Waals surface area contributed by atoms with Crippen molar-refractivity contribution in [2.75, 3.05) is 37.9 Å². The first-order valence-electron chi connectivity index (χ1n) is 10.3. The lowest BCUT2D eigenvalue weighted by atomic mass is 10.1. The van der Waals surface area contributed by atoms with Crippen LogP contribution in [0, 0.1) is 5.82 Å². The van der Waals surface area contributed by atoms with E-state index in [9.17, 15) is 4.79 Å². The number of rotatable bonds is 3. The summed E-state index contributed by atoms with van der Waals surface area (Å²) in [5.41, 5.74) is 5.70. The van der Waals surface area contributed by atoms with Gasteiger partial charge in [0.15, 0.2) is 17.3 Å². The molecule has 2 bridgehead atoms. The highest BCUT2D eigenvalue weighted by atomic mass is 19.1. The van der Waals surface area contributed by atoms with Crippen LogP contribution in [0.4, 0.5) is 21.0 Å². The lowest BCUT2D eigenvalue weighted by molar-refractivity contribution is 0.0209. The van der Waals surface area contributed by atoms with Crippen LogP contribution in [0.1, 0.15) is 33.6 Å². The van der Waals surface area contributed by atoms with E-state index >= 15 is 4.39 Å². The Morgan fingerprint density at radius 2 is 1.81 bits per heavy atom. The van der Waals surface area contributed by atoms with Gasteiger partial charge in [-0.15, -0.1) is 0 Å². The summed E-state index contributed by atoms with van der Waals surface area (Å²) in [6.07, 6.45) is 1.42. The number of carbonyl (C=O) groups is 1. The van der Waals surface area contributed by atoms with Gasteiger partial charge in [-0.1, -0.05) is 0 Å². The molecule has 2 unspecified atom stereocenters. The molecule has 4 rings (SSSR count). The molecule has 2 aliphatic heterocycles. The molecule has 0 saturated carbocycles. The van der Waals surface area contributed by atoms with Gasteiger partial charge < -0.3 is 29.7 Å². The van der Waals surface area contributed by atoms with E-state index in [1.54, 1.807) is 11.0 Å². The fourth-order valence-electron chi connectivity index (χ4n) is 4.36. The number of halogens is 1. The molecule has 31 heavy (non-hydrogen) atoms. The van der Waals surface area contributed by atoms with Crippen LogP contribution >= 0.6 is 0 Å². The Balaban J connectivity index is 1.67. The van der Waals surface area contributed by atoms with Crippen molar-refractivity contribution in [1.29, 1.82) is 0 Å². The number of nitrogens with zero attached hydrogens (tertiary/aromatic N) is 4. The van der Waals surface area contributed by atoms with E-state index in [4.69, 9.17) is 19.9 Å². The third-order valence-electron chi connectivity index (χ3n) is 5.66. The molecule has 168 valence electrons. The molecule has 3 heterocycles. The summed E-state index contributed by atoms with van der Waals surface area (Å²) in [5.74, 6) is 0.0617. The SMILES string of the molecule is COc1cc2c(N)nc(N3C4CCC3CN(C(=O)OC(C)(C)C)C4)nc2c(F)c1OC. The van der Waals surface area contributed by atoms with E-state index in [-0.39, 0.29) is 41.0 Å². The highest BCUT2D eigenvalue weighted by molar-refractivity contribution is 5.92. The predicted molar refractivity (Wildman–Crippen MR) is 114 cm³/mol. The standard InChI is InChI=1S/C21H28FN5O4/c1-21(2,3)31-20(28)26-9-11-6-7-12(10-26)27(11)19-24-16-13(18(23)25-19)8-14(29-4)17(30-5)15(16)22/h8,11-12H,6-7,9-10H2,1-5H3,(H2,23,24,25). The number of anilines is 2. The van der Waals surface area contributed by atoms with Crippen molar-refractivity contribution >= 4 is 28.8 Å². The van der Waals surface area contributed by atoms with Crippen LogP contribution in [-0.4, -0.2) is 66.0 Å². The van der Waals surface area contributed by atoms with Crippen LogP contribution in [0.25, 0.3) is 10.9 Å². The summed E-state index contributed by atoms with van der Waals surface area (Å²) >= 11 is 0. The largest absolute Gasteiger partial charge is 0.493 e. The van der Waals surface area contributed by atoms with Gasteiger partial charge in [0.1, 0.15) is 16.9 Å². The molecule has 0 radical (unpaired) electrons. The van der Waals surface area contributed by atoms with Crippen molar-refractivity contribution in [3.05, 3.63) is 11.9 Å². The van der Waals surface area contributed by atoms with Gasteiger partial charge in [0.25, 0.3) is 0 Å². The number of fused-ring (bicyclic) bond motifs is 3. The number of nitrogen functional groups attached to an aromatic ring is 1. The van der Waals surface area contributed by atoms with Crippen LogP contribution in [-0.2, 0) is 4.74 Å². The molecule has 0 aliphatic carbocycles.